The van der Waals surface area contributed by atoms with Crippen LogP contribution in [-0.2, 0) is 0 Å². The molecule has 5 heteroatoms. The molecule has 0 fully saturated rings. The number of rotatable bonds is 5. The van der Waals surface area contributed by atoms with Crippen LogP contribution in [0, 0.1) is 0 Å². The number of ether oxygens (including phenoxy) is 2. The highest BCUT2D eigenvalue weighted by Gasteiger charge is 2.30. The van der Waals surface area contributed by atoms with Gasteiger partial charge in [0.1, 0.15) is 34.8 Å². The Morgan fingerprint density at radius 3 is 2.55 bits per heavy atom. The topological polar surface area (TPSA) is 71.8 Å². The van der Waals surface area contributed by atoms with Gasteiger partial charge in [-0.15, -0.1) is 0 Å². The molecule has 0 radical (unpaired) electrons. The maximum absolute atomic E-state index is 10.0. The van der Waals surface area contributed by atoms with Crippen LogP contribution in [0.5, 0.6) is 23.0 Å². The third kappa shape index (κ3) is 3.76. The zero-order valence-electron chi connectivity index (χ0n) is 16.4. The van der Waals surface area contributed by atoms with Gasteiger partial charge in [0.15, 0.2) is 0 Å². The number of aromatic nitrogens is 1. The number of allylic oxidation sites excluding steroid dienone is 1. The van der Waals surface area contributed by atoms with Gasteiger partial charge in [0.05, 0.1) is 12.8 Å². The third-order valence-electron chi connectivity index (χ3n) is 4.92. The van der Waals surface area contributed by atoms with Gasteiger partial charge in [-0.3, -0.25) is 0 Å². The van der Waals surface area contributed by atoms with Gasteiger partial charge in [-0.2, -0.15) is 0 Å². The van der Waals surface area contributed by atoms with Crippen molar-refractivity contribution in [3.63, 3.8) is 0 Å². The molecule has 2 aromatic carbocycles. The monoisotopic (exact) mass is 389 g/mol. The minimum atomic E-state index is -0.409. The van der Waals surface area contributed by atoms with Crippen molar-refractivity contribution in [2.45, 2.75) is 26.4 Å². The predicted octanol–water partition coefficient (Wildman–Crippen LogP) is 5.35. The molecule has 0 saturated heterocycles. The van der Waals surface area contributed by atoms with E-state index in [-0.39, 0.29) is 11.5 Å². The molecule has 1 atom stereocenters. The summed E-state index contributed by atoms with van der Waals surface area (Å²) in [5, 5.41) is 19.9. The molecule has 0 amide bonds. The SMILES string of the molecule is CCCOc1ccc(C2Oc3cc(O)cnc3C(C)=C2c2cccc(O)c2)cc1. The molecular weight excluding hydrogens is 366 g/mol. The Bertz CT molecular complexity index is 1060. The molecule has 1 aliphatic heterocycles. The summed E-state index contributed by atoms with van der Waals surface area (Å²) in [7, 11) is 0. The van der Waals surface area contributed by atoms with Crippen LogP contribution in [0.1, 0.15) is 43.2 Å². The fourth-order valence-corrected chi connectivity index (χ4v) is 3.55. The number of hydrogen-bond acceptors (Lipinski definition) is 5. The van der Waals surface area contributed by atoms with Crippen molar-refractivity contribution in [2.75, 3.05) is 6.61 Å². The molecule has 0 saturated carbocycles. The van der Waals surface area contributed by atoms with E-state index >= 15 is 0 Å². The van der Waals surface area contributed by atoms with E-state index in [0.717, 1.165) is 34.4 Å². The van der Waals surface area contributed by atoms with Gasteiger partial charge in [0, 0.05) is 11.6 Å². The normalized spacial score (nSPS) is 15.6. The molecule has 1 aliphatic rings. The summed E-state index contributed by atoms with van der Waals surface area (Å²) in [5.74, 6) is 1.59. The molecule has 2 N–H and O–H groups in total. The van der Waals surface area contributed by atoms with E-state index in [9.17, 15) is 10.2 Å². The summed E-state index contributed by atoms with van der Waals surface area (Å²) in [6, 6.07) is 16.5. The maximum Gasteiger partial charge on any atom is 0.150 e. The second-order valence-electron chi connectivity index (χ2n) is 7.04. The number of nitrogens with zero attached hydrogens (tertiary/aromatic N) is 1. The van der Waals surface area contributed by atoms with Crippen molar-refractivity contribution in [3.8, 4) is 23.0 Å². The van der Waals surface area contributed by atoms with Crippen LogP contribution in [0.25, 0.3) is 11.1 Å². The van der Waals surface area contributed by atoms with Crippen molar-refractivity contribution < 1.29 is 19.7 Å². The Hall–Kier alpha value is -3.47. The number of phenolic OH excluding ortho intramolecular Hbond substituents is 1. The van der Waals surface area contributed by atoms with E-state index < -0.39 is 6.10 Å². The van der Waals surface area contributed by atoms with Crippen LogP contribution in [-0.4, -0.2) is 21.8 Å². The summed E-state index contributed by atoms with van der Waals surface area (Å²) in [6.45, 7) is 4.72. The first-order chi connectivity index (χ1) is 14.1. The van der Waals surface area contributed by atoms with Gasteiger partial charge in [-0.05, 0) is 54.3 Å². The van der Waals surface area contributed by atoms with Gasteiger partial charge >= 0.3 is 0 Å². The molecule has 0 bridgehead atoms. The molecule has 148 valence electrons. The van der Waals surface area contributed by atoms with E-state index in [1.54, 1.807) is 18.2 Å². The van der Waals surface area contributed by atoms with E-state index in [1.165, 1.54) is 6.20 Å². The van der Waals surface area contributed by atoms with Crippen molar-refractivity contribution >= 4 is 11.1 Å². The summed E-state index contributed by atoms with van der Waals surface area (Å²) < 4.78 is 12.0. The predicted molar refractivity (Wildman–Crippen MR) is 112 cm³/mol. The van der Waals surface area contributed by atoms with E-state index in [4.69, 9.17) is 9.47 Å². The van der Waals surface area contributed by atoms with Crippen molar-refractivity contribution in [3.05, 3.63) is 77.6 Å². The highest BCUT2D eigenvalue weighted by atomic mass is 16.5. The standard InChI is InChI=1S/C24H23NO4/c1-3-11-28-20-9-7-16(8-10-20)24-22(17-5-4-6-18(26)12-17)15(2)23-21(29-24)13-19(27)14-25-23/h4-10,12-14,24,26-27H,3,11H2,1-2H3. The average molecular weight is 389 g/mol. The Kier molecular flexibility index (Phi) is 5.12. The molecule has 29 heavy (non-hydrogen) atoms. The highest BCUT2D eigenvalue weighted by molar-refractivity contribution is 5.94. The van der Waals surface area contributed by atoms with Gasteiger partial charge in [-0.25, -0.2) is 4.98 Å². The Morgan fingerprint density at radius 1 is 1.03 bits per heavy atom. The van der Waals surface area contributed by atoms with E-state index in [1.807, 2.05) is 43.3 Å². The lowest BCUT2D eigenvalue weighted by atomic mass is 9.88. The molecule has 5 nitrogen and oxygen atoms in total. The number of pyridine rings is 1. The van der Waals surface area contributed by atoms with Crippen molar-refractivity contribution in [2.24, 2.45) is 0 Å². The molecule has 0 aliphatic carbocycles. The zero-order chi connectivity index (χ0) is 20.4. The molecule has 2 heterocycles. The van der Waals surface area contributed by atoms with E-state index in [0.29, 0.717) is 18.1 Å². The Labute approximate surface area is 169 Å². The van der Waals surface area contributed by atoms with Gasteiger partial charge in [0.2, 0.25) is 0 Å². The first-order valence-corrected chi connectivity index (χ1v) is 9.65. The lowest BCUT2D eigenvalue weighted by Crippen LogP contribution is -2.17. The summed E-state index contributed by atoms with van der Waals surface area (Å²) in [5.41, 5.74) is 4.35. The number of hydrogen-bond donors (Lipinski definition) is 2. The van der Waals surface area contributed by atoms with Gasteiger partial charge < -0.3 is 19.7 Å². The second kappa shape index (κ2) is 7.87. The molecule has 1 unspecified atom stereocenters. The minimum Gasteiger partial charge on any atom is -0.508 e. The Morgan fingerprint density at radius 2 is 1.83 bits per heavy atom. The summed E-state index contributed by atoms with van der Waals surface area (Å²) in [6.07, 6.45) is 1.95. The summed E-state index contributed by atoms with van der Waals surface area (Å²) in [4.78, 5) is 4.36. The number of benzene rings is 2. The average Bonchev–Trinajstić information content (AvgIpc) is 2.72. The van der Waals surface area contributed by atoms with E-state index in [2.05, 4.69) is 11.9 Å². The zero-order valence-corrected chi connectivity index (χ0v) is 16.4. The maximum atomic E-state index is 10.0. The fourth-order valence-electron chi connectivity index (χ4n) is 3.55. The van der Waals surface area contributed by atoms with Gasteiger partial charge in [-0.1, -0.05) is 31.2 Å². The Balaban J connectivity index is 1.82. The van der Waals surface area contributed by atoms with Crippen LogP contribution in [0.3, 0.4) is 0 Å². The second-order valence-corrected chi connectivity index (χ2v) is 7.04. The number of fused-ring (bicyclic) bond motifs is 1. The van der Waals surface area contributed by atoms with Crippen LogP contribution in [0.15, 0.2) is 60.8 Å². The summed E-state index contributed by atoms with van der Waals surface area (Å²) >= 11 is 0. The van der Waals surface area contributed by atoms with Crippen LogP contribution in [0.4, 0.5) is 0 Å². The lowest BCUT2D eigenvalue weighted by molar-refractivity contribution is 0.257. The van der Waals surface area contributed by atoms with Crippen molar-refractivity contribution in [1.82, 2.24) is 4.98 Å². The third-order valence-corrected chi connectivity index (χ3v) is 4.92. The van der Waals surface area contributed by atoms with Crippen LogP contribution < -0.4 is 9.47 Å². The first-order valence-electron chi connectivity index (χ1n) is 9.65. The van der Waals surface area contributed by atoms with Gasteiger partial charge in [0.25, 0.3) is 0 Å². The lowest BCUT2D eigenvalue weighted by Gasteiger charge is -2.30. The molecular formula is C24H23NO4. The number of aromatic hydroxyl groups is 2. The highest BCUT2D eigenvalue weighted by Crippen LogP contribution is 2.46. The quantitative estimate of drug-likeness (QED) is 0.616. The smallest absolute Gasteiger partial charge is 0.150 e. The van der Waals surface area contributed by atoms with Crippen LogP contribution >= 0.6 is 0 Å². The molecule has 0 spiro atoms. The fraction of sp³-hybridized carbons (Fsp3) is 0.208. The molecule has 3 aromatic rings. The van der Waals surface area contributed by atoms with Crippen LogP contribution in [0.2, 0.25) is 0 Å². The minimum absolute atomic E-state index is 0.0550. The molecule has 1 aromatic heterocycles. The van der Waals surface area contributed by atoms with Crippen molar-refractivity contribution in [1.29, 1.82) is 0 Å². The molecule has 4 rings (SSSR count). The number of phenols is 1. The largest absolute Gasteiger partial charge is 0.508 e. The first kappa shape index (κ1) is 18.9.